The van der Waals surface area contributed by atoms with E-state index in [2.05, 4.69) is 0 Å². The van der Waals surface area contributed by atoms with E-state index < -0.39 is 5.97 Å². The highest BCUT2D eigenvalue weighted by Crippen LogP contribution is 2.36. The fraction of sp³-hybridized carbons (Fsp3) is 0.529. The Bertz CT molecular complexity index is 640. The third-order valence-electron chi connectivity index (χ3n) is 3.77. The van der Waals surface area contributed by atoms with E-state index >= 15 is 0 Å². The lowest BCUT2D eigenvalue weighted by Gasteiger charge is -2.35. The van der Waals surface area contributed by atoms with E-state index in [1.165, 1.54) is 26.4 Å². The number of esters is 1. The van der Waals surface area contributed by atoms with E-state index in [1.807, 2.05) is 13.8 Å². The molecule has 25 heavy (non-hydrogen) atoms. The summed E-state index contributed by atoms with van der Waals surface area (Å²) in [6, 6.07) is 2.87. The predicted molar refractivity (Wildman–Crippen MR) is 91.4 cm³/mol. The van der Waals surface area contributed by atoms with Crippen LogP contribution in [0.15, 0.2) is 12.1 Å². The molecular weight excluding hydrogens is 350 g/mol. The molecule has 0 N–H and O–H groups in total. The fourth-order valence-corrected chi connectivity index (χ4v) is 3.01. The van der Waals surface area contributed by atoms with Gasteiger partial charge in [-0.1, -0.05) is 11.6 Å². The highest BCUT2D eigenvalue weighted by atomic mass is 35.5. The Morgan fingerprint density at radius 3 is 2.40 bits per heavy atom. The minimum atomic E-state index is -0.662. The van der Waals surface area contributed by atoms with Crippen molar-refractivity contribution in [3.8, 4) is 11.5 Å². The first kappa shape index (κ1) is 19.3. The second kappa shape index (κ2) is 8.40. The molecule has 0 unspecified atom stereocenters. The highest BCUT2D eigenvalue weighted by Gasteiger charge is 2.26. The molecule has 1 saturated heterocycles. The van der Waals surface area contributed by atoms with Gasteiger partial charge in [0.1, 0.15) is 0 Å². The number of hydrogen-bond donors (Lipinski definition) is 0. The molecule has 1 aromatic carbocycles. The molecule has 7 nitrogen and oxygen atoms in total. The van der Waals surface area contributed by atoms with Gasteiger partial charge >= 0.3 is 5.97 Å². The van der Waals surface area contributed by atoms with Gasteiger partial charge in [-0.05, 0) is 26.0 Å². The summed E-state index contributed by atoms with van der Waals surface area (Å²) in [4.78, 5) is 26.1. The van der Waals surface area contributed by atoms with Gasteiger partial charge in [0.2, 0.25) is 0 Å². The summed E-state index contributed by atoms with van der Waals surface area (Å²) in [7, 11) is 2.89. The minimum absolute atomic E-state index is 0.0481. The van der Waals surface area contributed by atoms with Gasteiger partial charge < -0.3 is 23.8 Å². The molecule has 0 spiro atoms. The van der Waals surface area contributed by atoms with Gasteiger partial charge in [0.15, 0.2) is 18.1 Å². The second-order valence-electron chi connectivity index (χ2n) is 5.83. The number of carbonyl (C=O) groups is 2. The van der Waals surface area contributed by atoms with Crippen LogP contribution < -0.4 is 9.47 Å². The molecule has 8 heteroatoms. The van der Waals surface area contributed by atoms with E-state index in [0.29, 0.717) is 24.6 Å². The topological polar surface area (TPSA) is 74.3 Å². The van der Waals surface area contributed by atoms with Gasteiger partial charge in [-0.25, -0.2) is 4.79 Å². The molecule has 1 aromatic rings. The Kier molecular flexibility index (Phi) is 6.50. The number of nitrogens with zero attached hydrogens (tertiary/aromatic N) is 1. The number of carbonyl (C=O) groups excluding carboxylic acids is 2. The van der Waals surface area contributed by atoms with Crippen molar-refractivity contribution in [2.75, 3.05) is 33.9 Å². The van der Waals surface area contributed by atoms with Gasteiger partial charge in [0.25, 0.3) is 5.91 Å². The molecule has 1 heterocycles. The number of methoxy groups -OCH3 is 2. The van der Waals surface area contributed by atoms with Crippen LogP contribution in [0.4, 0.5) is 0 Å². The summed E-state index contributed by atoms with van der Waals surface area (Å²) < 4.78 is 21.0. The highest BCUT2D eigenvalue weighted by molar-refractivity contribution is 6.32. The number of benzene rings is 1. The smallest absolute Gasteiger partial charge is 0.338 e. The van der Waals surface area contributed by atoms with Crippen LogP contribution in [-0.2, 0) is 14.3 Å². The Morgan fingerprint density at radius 2 is 1.84 bits per heavy atom. The molecule has 0 radical (unpaired) electrons. The van der Waals surface area contributed by atoms with Crippen molar-refractivity contribution in [1.29, 1.82) is 0 Å². The van der Waals surface area contributed by atoms with Crippen molar-refractivity contribution in [3.05, 3.63) is 22.7 Å². The zero-order chi connectivity index (χ0) is 18.6. The van der Waals surface area contributed by atoms with E-state index in [9.17, 15) is 9.59 Å². The van der Waals surface area contributed by atoms with Crippen molar-refractivity contribution in [1.82, 2.24) is 4.90 Å². The lowest BCUT2D eigenvalue weighted by molar-refractivity contribution is -0.146. The second-order valence-corrected chi connectivity index (χ2v) is 6.23. The molecule has 1 aliphatic rings. The normalized spacial score (nSPS) is 20.1. The summed E-state index contributed by atoms with van der Waals surface area (Å²) >= 11 is 6.07. The maximum atomic E-state index is 12.2. The van der Waals surface area contributed by atoms with Crippen LogP contribution in [0.1, 0.15) is 24.2 Å². The number of halogens is 1. The van der Waals surface area contributed by atoms with Crippen LogP contribution in [-0.4, -0.2) is 62.9 Å². The number of hydrogen-bond acceptors (Lipinski definition) is 6. The van der Waals surface area contributed by atoms with Gasteiger partial charge in [0, 0.05) is 13.1 Å². The van der Waals surface area contributed by atoms with Crippen LogP contribution in [0, 0.1) is 0 Å². The quantitative estimate of drug-likeness (QED) is 0.738. The van der Waals surface area contributed by atoms with Crippen LogP contribution in [0.2, 0.25) is 5.02 Å². The van der Waals surface area contributed by atoms with Crippen molar-refractivity contribution in [3.63, 3.8) is 0 Å². The van der Waals surface area contributed by atoms with Crippen molar-refractivity contribution < 1.29 is 28.5 Å². The maximum Gasteiger partial charge on any atom is 0.338 e. The van der Waals surface area contributed by atoms with Crippen LogP contribution in [0.3, 0.4) is 0 Å². The molecule has 0 saturated carbocycles. The molecule has 1 aliphatic heterocycles. The summed E-state index contributed by atoms with van der Waals surface area (Å²) in [5, 5.41) is 0.218. The predicted octanol–water partition coefficient (Wildman–Crippen LogP) is 2.15. The Labute approximate surface area is 151 Å². The lowest BCUT2D eigenvalue weighted by atomic mass is 10.2. The largest absolute Gasteiger partial charge is 0.493 e. The molecular formula is C17H22ClNO6. The van der Waals surface area contributed by atoms with Gasteiger partial charge in [0.05, 0.1) is 37.0 Å². The van der Waals surface area contributed by atoms with Crippen LogP contribution >= 0.6 is 11.6 Å². The molecule has 138 valence electrons. The zero-order valence-corrected chi connectivity index (χ0v) is 15.5. The van der Waals surface area contributed by atoms with Gasteiger partial charge in [-0.2, -0.15) is 0 Å². The first-order chi connectivity index (χ1) is 11.8. The zero-order valence-electron chi connectivity index (χ0n) is 14.7. The SMILES string of the molecule is COc1cc(C(=O)OCC(=O)N2C[C@@H](C)O[C@@H](C)C2)cc(Cl)c1OC. The van der Waals surface area contributed by atoms with Gasteiger partial charge in [-0.3, -0.25) is 4.79 Å². The Balaban J connectivity index is 2.00. The molecule has 2 rings (SSSR count). The number of morpholine rings is 1. The number of ether oxygens (including phenoxy) is 4. The standard InChI is InChI=1S/C17H22ClNO6/c1-10-7-19(8-11(2)25-10)15(20)9-24-17(21)12-5-13(18)16(23-4)14(6-12)22-3/h5-6,10-11H,7-9H2,1-4H3/t10-,11+. The first-order valence-corrected chi connectivity index (χ1v) is 8.25. The Hall–Kier alpha value is -1.99. The average Bonchev–Trinajstić information content (AvgIpc) is 2.57. The third-order valence-corrected chi connectivity index (χ3v) is 4.05. The van der Waals surface area contributed by atoms with Crippen molar-refractivity contribution in [2.24, 2.45) is 0 Å². The minimum Gasteiger partial charge on any atom is -0.493 e. The molecule has 1 amide bonds. The monoisotopic (exact) mass is 371 g/mol. The van der Waals surface area contributed by atoms with E-state index in [-0.39, 0.29) is 35.3 Å². The number of amides is 1. The van der Waals surface area contributed by atoms with Crippen molar-refractivity contribution >= 4 is 23.5 Å². The molecule has 0 aromatic heterocycles. The molecule has 2 atom stereocenters. The molecule has 1 fully saturated rings. The lowest BCUT2D eigenvalue weighted by Crippen LogP contribution is -2.49. The van der Waals surface area contributed by atoms with E-state index in [0.717, 1.165) is 0 Å². The Morgan fingerprint density at radius 1 is 1.20 bits per heavy atom. The van der Waals surface area contributed by atoms with Crippen LogP contribution in [0.5, 0.6) is 11.5 Å². The average molecular weight is 372 g/mol. The fourth-order valence-electron chi connectivity index (χ4n) is 2.72. The van der Waals surface area contributed by atoms with Crippen molar-refractivity contribution in [2.45, 2.75) is 26.1 Å². The van der Waals surface area contributed by atoms with Crippen LogP contribution in [0.25, 0.3) is 0 Å². The molecule has 0 aliphatic carbocycles. The maximum absolute atomic E-state index is 12.2. The first-order valence-electron chi connectivity index (χ1n) is 7.87. The number of rotatable bonds is 5. The summed E-state index contributed by atoms with van der Waals surface area (Å²) in [5.41, 5.74) is 0.180. The summed E-state index contributed by atoms with van der Waals surface area (Å²) in [5.74, 6) is -0.287. The summed E-state index contributed by atoms with van der Waals surface area (Å²) in [6.07, 6.45) is -0.0962. The van der Waals surface area contributed by atoms with E-state index in [1.54, 1.807) is 4.90 Å². The third kappa shape index (κ3) is 4.76. The van der Waals surface area contributed by atoms with Gasteiger partial charge in [-0.15, -0.1) is 0 Å². The van der Waals surface area contributed by atoms with E-state index in [4.69, 9.17) is 30.5 Å². The molecule has 0 bridgehead atoms. The summed E-state index contributed by atoms with van der Waals surface area (Å²) in [6.45, 7) is 4.40.